The Hall–Kier alpha value is -0.0800. The molecule has 0 amide bonds. The molecule has 100 valence electrons. The van der Waals surface area contributed by atoms with E-state index in [9.17, 15) is 0 Å². The van der Waals surface area contributed by atoms with Crippen LogP contribution in [0.2, 0.25) is 0 Å². The monoisotopic (exact) mass is 238 g/mol. The fourth-order valence-electron chi connectivity index (χ4n) is 3.88. The molecule has 1 spiro atoms. The summed E-state index contributed by atoms with van der Waals surface area (Å²) in [5, 5.41) is 0. The minimum Gasteiger partial charge on any atom is -0.306 e. The third-order valence-electron chi connectivity index (χ3n) is 5.39. The van der Waals surface area contributed by atoms with Crippen molar-refractivity contribution in [3.63, 3.8) is 0 Å². The van der Waals surface area contributed by atoms with E-state index in [-0.39, 0.29) is 0 Å². The Labute approximate surface area is 107 Å². The Balaban J connectivity index is 1.79. The molecule has 0 bridgehead atoms. The van der Waals surface area contributed by atoms with Crippen molar-refractivity contribution in [1.29, 1.82) is 0 Å². The summed E-state index contributed by atoms with van der Waals surface area (Å²) in [5.74, 6) is 0. The average Bonchev–Trinajstić information content (AvgIpc) is 2.28. The molecule has 2 rings (SSSR count). The largest absolute Gasteiger partial charge is 0.306 e. The van der Waals surface area contributed by atoms with Crippen LogP contribution in [0.1, 0.15) is 52.4 Å². The minimum absolute atomic E-state index is 0.734. The third kappa shape index (κ3) is 2.68. The molecule has 0 aromatic heterocycles. The SMILES string of the molecule is CCC(CC)N1CCC2(CC1)CC(N(C)C)C2. The molecule has 1 heterocycles. The molecule has 1 aliphatic heterocycles. The summed E-state index contributed by atoms with van der Waals surface area (Å²) in [4.78, 5) is 5.16. The smallest absolute Gasteiger partial charge is 0.00997 e. The predicted octanol–water partition coefficient (Wildman–Crippen LogP) is 2.98. The van der Waals surface area contributed by atoms with Gasteiger partial charge < -0.3 is 9.80 Å². The van der Waals surface area contributed by atoms with Crippen molar-refractivity contribution in [2.45, 2.75) is 64.5 Å². The highest BCUT2D eigenvalue weighted by molar-refractivity contribution is 5.00. The molecule has 2 aliphatic rings. The lowest BCUT2D eigenvalue weighted by Gasteiger charge is -2.55. The van der Waals surface area contributed by atoms with E-state index in [2.05, 4.69) is 37.7 Å². The van der Waals surface area contributed by atoms with E-state index in [1.54, 1.807) is 0 Å². The van der Waals surface area contributed by atoms with Crippen LogP contribution < -0.4 is 0 Å². The molecule has 0 N–H and O–H groups in total. The zero-order chi connectivity index (χ0) is 12.5. The van der Waals surface area contributed by atoms with Crippen molar-refractivity contribution in [2.75, 3.05) is 27.2 Å². The molecule has 17 heavy (non-hydrogen) atoms. The molecule has 2 heteroatoms. The first-order valence-electron chi connectivity index (χ1n) is 7.50. The van der Waals surface area contributed by atoms with E-state index in [1.807, 2.05) is 0 Å². The van der Waals surface area contributed by atoms with Crippen LogP contribution in [0.4, 0.5) is 0 Å². The summed E-state index contributed by atoms with van der Waals surface area (Å²) in [5.41, 5.74) is 0.734. The number of nitrogens with zero attached hydrogens (tertiary/aromatic N) is 2. The Bertz CT molecular complexity index is 229. The zero-order valence-electron chi connectivity index (χ0n) is 12.2. The maximum atomic E-state index is 2.74. The fourth-order valence-corrected chi connectivity index (χ4v) is 3.88. The molecule has 0 aromatic carbocycles. The highest BCUT2D eigenvalue weighted by atomic mass is 15.2. The van der Waals surface area contributed by atoms with Gasteiger partial charge in [-0.3, -0.25) is 0 Å². The molecule has 2 fully saturated rings. The first-order valence-corrected chi connectivity index (χ1v) is 7.50. The van der Waals surface area contributed by atoms with Gasteiger partial charge in [-0.05, 0) is 71.1 Å². The van der Waals surface area contributed by atoms with Crippen molar-refractivity contribution in [1.82, 2.24) is 9.80 Å². The van der Waals surface area contributed by atoms with Crippen molar-refractivity contribution < 1.29 is 0 Å². The molecule has 0 unspecified atom stereocenters. The summed E-state index contributed by atoms with van der Waals surface area (Å²) in [6.45, 7) is 7.38. The van der Waals surface area contributed by atoms with Crippen LogP contribution in [-0.2, 0) is 0 Å². The van der Waals surface area contributed by atoms with Crippen molar-refractivity contribution in [3.05, 3.63) is 0 Å². The van der Waals surface area contributed by atoms with Gasteiger partial charge in [0.2, 0.25) is 0 Å². The second-order valence-corrected chi connectivity index (χ2v) is 6.53. The maximum Gasteiger partial charge on any atom is 0.00997 e. The summed E-state index contributed by atoms with van der Waals surface area (Å²) >= 11 is 0. The van der Waals surface area contributed by atoms with Crippen LogP contribution in [-0.4, -0.2) is 49.1 Å². The molecular formula is C15H30N2. The van der Waals surface area contributed by atoms with Crippen molar-refractivity contribution in [2.24, 2.45) is 5.41 Å². The summed E-state index contributed by atoms with van der Waals surface area (Å²) < 4.78 is 0. The van der Waals surface area contributed by atoms with Crippen LogP contribution in [0.5, 0.6) is 0 Å². The number of rotatable bonds is 4. The lowest BCUT2D eigenvalue weighted by atomic mass is 9.60. The van der Waals surface area contributed by atoms with Gasteiger partial charge in [0.05, 0.1) is 0 Å². The standard InChI is InChI=1S/C15H30N2/c1-5-13(6-2)17-9-7-15(8-10-17)11-14(12-15)16(3)4/h13-14H,5-12H2,1-4H3. The van der Waals surface area contributed by atoms with Gasteiger partial charge in [0.1, 0.15) is 0 Å². The first kappa shape index (κ1) is 13.4. The second kappa shape index (κ2) is 5.27. The summed E-state index contributed by atoms with van der Waals surface area (Å²) in [6, 6.07) is 1.71. The number of likely N-dealkylation sites (tertiary alicyclic amines) is 1. The van der Waals surface area contributed by atoms with Gasteiger partial charge in [0.15, 0.2) is 0 Å². The molecule has 2 nitrogen and oxygen atoms in total. The van der Waals surface area contributed by atoms with Crippen molar-refractivity contribution in [3.8, 4) is 0 Å². The van der Waals surface area contributed by atoms with Crippen molar-refractivity contribution >= 4 is 0 Å². The quantitative estimate of drug-likeness (QED) is 0.743. The highest BCUT2D eigenvalue weighted by Crippen LogP contribution is 2.50. The van der Waals surface area contributed by atoms with Crippen LogP contribution in [0.15, 0.2) is 0 Å². The second-order valence-electron chi connectivity index (χ2n) is 6.53. The van der Waals surface area contributed by atoms with Crippen LogP contribution >= 0.6 is 0 Å². The molecule has 1 saturated heterocycles. The summed E-state index contributed by atoms with van der Waals surface area (Å²) in [6.07, 6.45) is 8.46. The lowest BCUT2D eigenvalue weighted by Crippen LogP contribution is -2.54. The summed E-state index contributed by atoms with van der Waals surface area (Å²) in [7, 11) is 4.47. The van der Waals surface area contributed by atoms with Gasteiger partial charge in [-0.25, -0.2) is 0 Å². The minimum atomic E-state index is 0.734. The fraction of sp³-hybridized carbons (Fsp3) is 1.00. The number of piperidine rings is 1. The van der Waals surface area contributed by atoms with Gasteiger partial charge in [-0.2, -0.15) is 0 Å². The normalized spacial score (nSPS) is 25.8. The zero-order valence-corrected chi connectivity index (χ0v) is 12.2. The molecule has 0 aromatic rings. The van der Waals surface area contributed by atoms with E-state index < -0.39 is 0 Å². The van der Waals surface area contributed by atoms with Gasteiger partial charge in [0, 0.05) is 12.1 Å². The van der Waals surface area contributed by atoms with Gasteiger partial charge in [-0.15, -0.1) is 0 Å². The molecule has 1 aliphatic carbocycles. The van der Waals surface area contributed by atoms with E-state index in [0.717, 1.165) is 17.5 Å². The Morgan fingerprint density at radius 1 is 1.12 bits per heavy atom. The van der Waals surface area contributed by atoms with E-state index >= 15 is 0 Å². The maximum absolute atomic E-state index is 2.74. The van der Waals surface area contributed by atoms with Crippen LogP contribution in [0, 0.1) is 5.41 Å². The molecule has 0 atom stereocenters. The number of hydrogen-bond acceptors (Lipinski definition) is 2. The first-order chi connectivity index (χ1) is 8.10. The van der Waals surface area contributed by atoms with Crippen LogP contribution in [0.3, 0.4) is 0 Å². The van der Waals surface area contributed by atoms with Gasteiger partial charge in [-0.1, -0.05) is 13.8 Å². The average molecular weight is 238 g/mol. The predicted molar refractivity (Wildman–Crippen MR) is 74.3 cm³/mol. The highest BCUT2D eigenvalue weighted by Gasteiger charge is 2.46. The van der Waals surface area contributed by atoms with Crippen LogP contribution in [0.25, 0.3) is 0 Å². The van der Waals surface area contributed by atoms with E-state index in [0.29, 0.717) is 0 Å². The Morgan fingerprint density at radius 3 is 2.06 bits per heavy atom. The Kier molecular flexibility index (Phi) is 4.14. The van der Waals surface area contributed by atoms with E-state index in [4.69, 9.17) is 0 Å². The topological polar surface area (TPSA) is 6.48 Å². The number of hydrogen-bond donors (Lipinski definition) is 0. The van der Waals surface area contributed by atoms with E-state index in [1.165, 1.54) is 51.6 Å². The molecule has 1 saturated carbocycles. The van der Waals surface area contributed by atoms with Gasteiger partial charge in [0.25, 0.3) is 0 Å². The lowest BCUT2D eigenvalue weighted by molar-refractivity contribution is -0.0368. The molecular weight excluding hydrogens is 208 g/mol. The molecule has 0 radical (unpaired) electrons. The third-order valence-corrected chi connectivity index (χ3v) is 5.39. The Morgan fingerprint density at radius 2 is 1.65 bits per heavy atom. The van der Waals surface area contributed by atoms with Gasteiger partial charge >= 0.3 is 0 Å².